The molecule has 6 heteroatoms. The second kappa shape index (κ2) is 7.78. The molecule has 1 heterocycles. The van der Waals surface area contributed by atoms with Gasteiger partial charge in [-0.15, -0.1) is 5.10 Å². The second-order valence-electron chi connectivity index (χ2n) is 4.20. The average Bonchev–Trinajstić information content (AvgIpc) is 2.59. The van der Waals surface area contributed by atoms with Crippen molar-refractivity contribution in [3.63, 3.8) is 0 Å². The molecule has 0 spiro atoms. The Hall–Kier alpha value is -2.89. The molecule has 6 nitrogen and oxygen atoms in total. The molecule has 0 aliphatic rings. The van der Waals surface area contributed by atoms with Crippen molar-refractivity contribution < 1.29 is 14.2 Å². The first kappa shape index (κ1) is 15.5. The number of ether oxygens (including phenoxy) is 3. The third kappa shape index (κ3) is 3.82. The third-order valence-electron chi connectivity index (χ3n) is 2.91. The Morgan fingerprint density at radius 1 is 1.05 bits per heavy atom. The normalized spacial score (nSPS) is 11.5. The summed E-state index contributed by atoms with van der Waals surface area (Å²) in [6.45, 7) is 0. The van der Waals surface area contributed by atoms with E-state index in [1.54, 1.807) is 58.1 Å². The zero-order chi connectivity index (χ0) is 15.8. The van der Waals surface area contributed by atoms with Crippen molar-refractivity contribution >= 4 is 12.1 Å². The number of pyridine rings is 1. The van der Waals surface area contributed by atoms with Crippen LogP contribution in [0.25, 0.3) is 0 Å². The Labute approximate surface area is 129 Å². The molecule has 0 amide bonds. The van der Waals surface area contributed by atoms with Gasteiger partial charge in [0.1, 0.15) is 11.5 Å². The summed E-state index contributed by atoms with van der Waals surface area (Å²) in [6.07, 6.45) is 4.93. The zero-order valence-corrected chi connectivity index (χ0v) is 12.7. The van der Waals surface area contributed by atoms with Gasteiger partial charge in [0, 0.05) is 29.6 Å². The SMILES string of the molecule is CO/C(=N\N=C\c1ccc(OC)cc1OC)c1ccncc1. The summed E-state index contributed by atoms with van der Waals surface area (Å²) in [5.41, 5.74) is 1.59. The van der Waals surface area contributed by atoms with Gasteiger partial charge in [0.05, 0.1) is 27.5 Å². The average molecular weight is 299 g/mol. The highest BCUT2D eigenvalue weighted by Gasteiger charge is 2.04. The van der Waals surface area contributed by atoms with Crippen molar-refractivity contribution in [2.24, 2.45) is 10.2 Å². The van der Waals surface area contributed by atoms with Crippen LogP contribution < -0.4 is 9.47 Å². The van der Waals surface area contributed by atoms with Crippen LogP contribution in [0.5, 0.6) is 11.5 Å². The van der Waals surface area contributed by atoms with Gasteiger partial charge in [0.2, 0.25) is 5.90 Å². The smallest absolute Gasteiger partial charge is 0.240 e. The van der Waals surface area contributed by atoms with Crippen LogP contribution in [0.3, 0.4) is 0 Å². The second-order valence-corrected chi connectivity index (χ2v) is 4.20. The first-order valence-electron chi connectivity index (χ1n) is 6.56. The van der Waals surface area contributed by atoms with Gasteiger partial charge >= 0.3 is 0 Å². The summed E-state index contributed by atoms with van der Waals surface area (Å²) in [5, 5.41) is 8.13. The molecule has 0 radical (unpaired) electrons. The first-order valence-corrected chi connectivity index (χ1v) is 6.56. The molecule has 0 N–H and O–H groups in total. The molecule has 0 saturated carbocycles. The minimum absolute atomic E-state index is 0.408. The third-order valence-corrected chi connectivity index (χ3v) is 2.91. The number of hydrogen-bond donors (Lipinski definition) is 0. The molecule has 2 aromatic rings. The highest BCUT2D eigenvalue weighted by atomic mass is 16.5. The lowest BCUT2D eigenvalue weighted by Crippen LogP contribution is -2.02. The van der Waals surface area contributed by atoms with E-state index in [2.05, 4.69) is 15.2 Å². The molecule has 0 aliphatic heterocycles. The molecule has 0 atom stereocenters. The van der Waals surface area contributed by atoms with Crippen LogP contribution in [0, 0.1) is 0 Å². The van der Waals surface area contributed by atoms with Crippen molar-refractivity contribution in [3.8, 4) is 11.5 Å². The number of methoxy groups -OCH3 is 3. The molecule has 0 aliphatic carbocycles. The van der Waals surface area contributed by atoms with E-state index in [0.717, 1.165) is 11.1 Å². The zero-order valence-electron chi connectivity index (χ0n) is 12.7. The van der Waals surface area contributed by atoms with Crippen LogP contribution in [0.1, 0.15) is 11.1 Å². The summed E-state index contributed by atoms with van der Waals surface area (Å²) in [7, 11) is 4.74. The number of rotatable bonds is 5. The molecule has 2 rings (SSSR count). The van der Waals surface area contributed by atoms with E-state index in [1.165, 1.54) is 0 Å². The van der Waals surface area contributed by atoms with E-state index in [9.17, 15) is 0 Å². The van der Waals surface area contributed by atoms with E-state index in [1.807, 2.05) is 12.1 Å². The predicted octanol–water partition coefficient (Wildman–Crippen LogP) is 2.53. The summed E-state index contributed by atoms with van der Waals surface area (Å²) in [4.78, 5) is 3.95. The van der Waals surface area contributed by atoms with Gasteiger partial charge in [0.15, 0.2) is 0 Å². The van der Waals surface area contributed by atoms with Crippen LogP contribution in [-0.4, -0.2) is 38.4 Å². The van der Waals surface area contributed by atoms with Gasteiger partial charge in [-0.1, -0.05) is 0 Å². The molecule has 1 aromatic carbocycles. The van der Waals surface area contributed by atoms with Crippen molar-refractivity contribution in [2.45, 2.75) is 0 Å². The Morgan fingerprint density at radius 2 is 1.82 bits per heavy atom. The van der Waals surface area contributed by atoms with Gasteiger partial charge < -0.3 is 14.2 Å². The Balaban J connectivity index is 2.22. The number of benzene rings is 1. The highest BCUT2D eigenvalue weighted by molar-refractivity contribution is 5.94. The molecule has 0 unspecified atom stereocenters. The summed E-state index contributed by atoms with van der Waals surface area (Å²) < 4.78 is 15.7. The van der Waals surface area contributed by atoms with Gasteiger partial charge in [-0.05, 0) is 24.3 Å². The topological polar surface area (TPSA) is 65.3 Å². The Kier molecular flexibility index (Phi) is 5.48. The molecule has 0 bridgehead atoms. The molecule has 114 valence electrons. The number of hydrogen-bond acceptors (Lipinski definition) is 6. The van der Waals surface area contributed by atoms with E-state index >= 15 is 0 Å². The molecular weight excluding hydrogens is 282 g/mol. The van der Waals surface area contributed by atoms with E-state index in [0.29, 0.717) is 17.4 Å². The monoisotopic (exact) mass is 299 g/mol. The van der Waals surface area contributed by atoms with Crippen molar-refractivity contribution in [3.05, 3.63) is 53.9 Å². The van der Waals surface area contributed by atoms with Crippen LogP contribution in [0.4, 0.5) is 0 Å². The molecular formula is C16H17N3O3. The van der Waals surface area contributed by atoms with Gasteiger partial charge in [0.25, 0.3) is 0 Å². The minimum Gasteiger partial charge on any atom is -0.497 e. The Bertz CT molecular complexity index is 670. The van der Waals surface area contributed by atoms with Crippen LogP contribution in [0.15, 0.2) is 52.9 Å². The lowest BCUT2D eigenvalue weighted by Gasteiger charge is -2.06. The minimum atomic E-state index is 0.408. The maximum Gasteiger partial charge on any atom is 0.240 e. The fourth-order valence-electron chi connectivity index (χ4n) is 1.78. The maximum absolute atomic E-state index is 5.30. The van der Waals surface area contributed by atoms with Crippen LogP contribution >= 0.6 is 0 Å². The maximum atomic E-state index is 5.30. The van der Waals surface area contributed by atoms with Crippen molar-refractivity contribution in [1.82, 2.24) is 4.98 Å². The fourth-order valence-corrected chi connectivity index (χ4v) is 1.78. The summed E-state index contributed by atoms with van der Waals surface area (Å²) in [6, 6.07) is 9.05. The predicted molar refractivity (Wildman–Crippen MR) is 84.9 cm³/mol. The van der Waals surface area contributed by atoms with E-state index in [4.69, 9.17) is 14.2 Å². The molecule has 0 saturated heterocycles. The summed E-state index contributed by atoms with van der Waals surface area (Å²) in [5.74, 6) is 1.78. The van der Waals surface area contributed by atoms with Crippen LogP contribution in [0.2, 0.25) is 0 Å². The fraction of sp³-hybridized carbons (Fsp3) is 0.188. The first-order chi connectivity index (χ1) is 10.8. The van der Waals surface area contributed by atoms with Crippen LogP contribution in [-0.2, 0) is 4.74 Å². The van der Waals surface area contributed by atoms with Crippen molar-refractivity contribution in [1.29, 1.82) is 0 Å². The summed E-state index contributed by atoms with van der Waals surface area (Å²) >= 11 is 0. The van der Waals surface area contributed by atoms with E-state index < -0.39 is 0 Å². The van der Waals surface area contributed by atoms with Gasteiger partial charge in [-0.3, -0.25) is 4.98 Å². The van der Waals surface area contributed by atoms with E-state index in [-0.39, 0.29) is 0 Å². The van der Waals surface area contributed by atoms with Gasteiger partial charge in [-0.2, -0.15) is 5.10 Å². The highest BCUT2D eigenvalue weighted by Crippen LogP contribution is 2.23. The Morgan fingerprint density at radius 3 is 2.45 bits per heavy atom. The molecule has 22 heavy (non-hydrogen) atoms. The number of nitrogens with zero attached hydrogens (tertiary/aromatic N) is 3. The lowest BCUT2D eigenvalue weighted by molar-refractivity contribution is 0.394. The molecule has 0 fully saturated rings. The molecule has 1 aromatic heterocycles. The largest absolute Gasteiger partial charge is 0.497 e. The lowest BCUT2D eigenvalue weighted by atomic mass is 10.2. The number of aromatic nitrogens is 1. The van der Waals surface area contributed by atoms with Crippen molar-refractivity contribution in [2.75, 3.05) is 21.3 Å². The quantitative estimate of drug-likeness (QED) is 0.483. The standard InChI is InChI=1S/C16H17N3O3/c1-20-14-5-4-13(15(10-14)21-2)11-18-19-16(22-3)12-6-8-17-9-7-12/h4-11H,1-3H3/b18-11+,19-16-. The van der Waals surface area contributed by atoms with Gasteiger partial charge in [-0.25, -0.2) is 0 Å².